The summed E-state index contributed by atoms with van der Waals surface area (Å²) in [4.78, 5) is 28.7. The molecule has 0 atom stereocenters. The lowest BCUT2D eigenvalue weighted by Gasteiger charge is -2.17. The van der Waals surface area contributed by atoms with E-state index in [1.165, 1.54) is 75.1 Å². The molecule has 2 N–H and O–H groups in total. The van der Waals surface area contributed by atoms with Gasteiger partial charge in [-0.2, -0.15) is 4.31 Å². The molecule has 1 heterocycles. The topological polar surface area (TPSA) is 118 Å². The molecule has 1 aromatic heterocycles. The minimum Gasteiger partial charge on any atom is -0.495 e. The molecule has 0 saturated carbocycles. The van der Waals surface area contributed by atoms with Crippen molar-refractivity contribution in [2.45, 2.75) is 4.90 Å². The maximum Gasteiger partial charge on any atom is 0.255 e. The highest BCUT2D eigenvalue weighted by Gasteiger charge is 2.23. The molecule has 9 nitrogen and oxygen atoms in total. The maximum absolute atomic E-state index is 13.4. The standard InChI is InChI=1S/C22H21FN4O5S/c1-27(33(30,31)18-7-4-10-24-13-18)14-21(28)25-17-8-9-20(32-2)19(12-17)26-22(29)15-5-3-6-16(23)11-15/h3-13H,14H2,1-2H3,(H,25,28)(H,26,29). The van der Waals surface area contributed by atoms with Gasteiger partial charge in [0.2, 0.25) is 15.9 Å². The molecule has 172 valence electrons. The first-order valence-electron chi connectivity index (χ1n) is 9.62. The van der Waals surface area contributed by atoms with E-state index in [4.69, 9.17) is 4.74 Å². The van der Waals surface area contributed by atoms with E-state index in [0.29, 0.717) is 11.4 Å². The summed E-state index contributed by atoms with van der Waals surface area (Å²) in [5, 5.41) is 5.19. The van der Waals surface area contributed by atoms with E-state index in [-0.39, 0.29) is 16.1 Å². The Hall–Kier alpha value is -3.83. The average molecular weight is 472 g/mol. The fourth-order valence-corrected chi connectivity index (χ4v) is 3.97. The molecule has 0 aliphatic rings. The zero-order valence-corrected chi connectivity index (χ0v) is 18.6. The fraction of sp³-hybridized carbons (Fsp3) is 0.136. The van der Waals surface area contributed by atoms with Gasteiger partial charge in [0.05, 0.1) is 19.3 Å². The Morgan fingerprint density at radius 2 is 1.88 bits per heavy atom. The van der Waals surface area contributed by atoms with Crippen molar-refractivity contribution in [1.82, 2.24) is 9.29 Å². The van der Waals surface area contributed by atoms with Gasteiger partial charge in [-0.25, -0.2) is 12.8 Å². The van der Waals surface area contributed by atoms with Gasteiger partial charge in [-0.05, 0) is 48.5 Å². The third kappa shape index (κ3) is 5.90. The molecule has 0 spiro atoms. The van der Waals surface area contributed by atoms with Crippen LogP contribution in [0.15, 0.2) is 71.9 Å². The number of halogens is 1. The Morgan fingerprint density at radius 3 is 2.55 bits per heavy atom. The number of methoxy groups -OCH3 is 1. The van der Waals surface area contributed by atoms with Crippen LogP contribution in [0.3, 0.4) is 0 Å². The van der Waals surface area contributed by atoms with Gasteiger partial charge in [0.25, 0.3) is 5.91 Å². The summed E-state index contributed by atoms with van der Waals surface area (Å²) in [6.07, 6.45) is 2.64. The number of nitrogens with zero attached hydrogens (tertiary/aromatic N) is 2. The molecule has 0 unspecified atom stereocenters. The number of hydrogen-bond donors (Lipinski definition) is 2. The second-order valence-electron chi connectivity index (χ2n) is 6.88. The Balaban J connectivity index is 1.72. The van der Waals surface area contributed by atoms with E-state index in [9.17, 15) is 22.4 Å². The van der Waals surface area contributed by atoms with E-state index in [2.05, 4.69) is 15.6 Å². The minimum atomic E-state index is -3.89. The first-order valence-corrected chi connectivity index (χ1v) is 11.1. The van der Waals surface area contributed by atoms with Crippen LogP contribution in [0, 0.1) is 5.82 Å². The Bertz CT molecular complexity index is 1270. The predicted molar refractivity (Wildman–Crippen MR) is 120 cm³/mol. The number of likely N-dealkylation sites (N-methyl/N-ethyl adjacent to an activating group) is 1. The predicted octanol–water partition coefficient (Wildman–Crippen LogP) is 2.74. The molecule has 0 aliphatic carbocycles. The van der Waals surface area contributed by atoms with Gasteiger partial charge < -0.3 is 15.4 Å². The molecule has 0 radical (unpaired) electrons. The van der Waals surface area contributed by atoms with Gasteiger partial charge in [-0.3, -0.25) is 14.6 Å². The average Bonchev–Trinajstić information content (AvgIpc) is 2.79. The number of aromatic nitrogens is 1. The summed E-state index contributed by atoms with van der Waals surface area (Å²) in [7, 11) is -1.21. The van der Waals surface area contributed by atoms with Gasteiger partial charge in [-0.1, -0.05) is 6.07 Å². The molecule has 0 bridgehead atoms. The first-order chi connectivity index (χ1) is 15.7. The van der Waals surface area contributed by atoms with Crippen molar-refractivity contribution in [2.75, 3.05) is 31.3 Å². The summed E-state index contributed by atoms with van der Waals surface area (Å²) < 4.78 is 44.6. The quantitative estimate of drug-likeness (QED) is 0.521. The molecule has 11 heteroatoms. The number of pyridine rings is 1. The van der Waals surface area contributed by atoms with Crippen molar-refractivity contribution >= 4 is 33.2 Å². The molecular weight excluding hydrogens is 451 g/mol. The Labute approximate surface area is 190 Å². The van der Waals surface area contributed by atoms with Crippen molar-refractivity contribution in [1.29, 1.82) is 0 Å². The number of carbonyl (C=O) groups excluding carboxylic acids is 2. The van der Waals surface area contributed by atoms with Gasteiger partial charge >= 0.3 is 0 Å². The molecule has 3 rings (SSSR count). The number of rotatable bonds is 8. The summed E-state index contributed by atoms with van der Waals surface area (Å²) in [6.45, 7) is -0.450. The van der Waals surface area contributed by atoms with Crippen molar-refractivity contribution in [3.63, 3.8) is 0 Å². The Morgan fingerprint density at radius 1 is 1.09 bits per heavy atom. The largest absolute Gasteiger partial charge is 0.495 e. The number of nitrogens with one attached hydrogen (secondary N) is 2. The zero-order valence-electron chi connectivity index (χ0n) is 17.8. The lowest BCUT2D eigenvalue weighted by molar-refractivity contribution is -0.116. The van der Waals surface area contributed by atoms with Crippen molar-refractivity contribution in [2.24, 2.45) is 0 Å². The zero-order chi connectivity index (χ0) is 24.0. The van der Waals surface area contributed by atoms with Crippen molar-refractivity contribution in [3.8, 4) is 5.75 Å². The summed E-state index contributed by atoms with van der Waals surface area (Å²) >= 11 is 0. The normalized spacial score (nSPS) is 11.2. The maximum atomic E-state index is 13.4. The highest BCUT2D eigenvalue weighted by molar-refractivity contribution is 7.89. The van der Waals surface area contributed by atoms with E-state index >= 15 is 0 Å². The number of carbonyl (C=O) groups is 2. The van der Waals surface area contributed by atoms with Crippen LogP contribution in [0.2, 0.25) is 0 Å². The van der Waals surface area contributed by atoms with E-state index in [0.717, 1.165) is 10.4 Å². The minimum absolute atomic E-state index is 0.0351. The van der Waals surface area contributed by atoms with Crippen LogP contribution in [0.25, 0.3) is 0 Å². The molecule has 3 aromatic rings. The number of amides is 2. The van der Waals surface area contributed by atoms with Crippen LogP contribution < -0.4 is 15.4 Å². The second-order valence-corrected chi connectivity index (χ2v) is 8.92. The SMILES string of the molecule is COc1ccc(NC(=O)CN(C)S(=O)(=O)c2cccnc2)cc1NC(=O)c1cccc(F)c1. The highest BCUT2D eigenvalue weighted by atomic mass is 32.2. The number of sulfonamides is 1. The number of benzene rings is 2. The summed E-state index contributed by atoms with van der Waals surface area (Å²) in [6, 6.07) is 12.5. The highest BCUT2D eigenvalue weighted by Crippen LogP contribution is 2.28. The summed E-state index contributed by atoms with van der Waals surface area (Å²) in [5.41, 5.74) is 0.636. The van der Waals surface area contributed by atoms with E-state index in [1.807, 2.05) is 0 Å². The molecule has 2 aromatic carbocycles. The molecular formula is C22H21FN4O5S. The molecule has 2 amide bonds. The van der Waals surface area contributed by atoms with Gasteiger partial charge in [0.15, 0.2) is 0 Å². The number of ether oxygens (including phenoxy) is 1. The van der Waals surface area contributed by atoms with Gasteiger partial charge in [-0.15, -0.1) is 0 Å². The number of hydrogen-bond acceptors (Lipinski definition) is 6. The van der Waals surface area contributed by atoms with Crippen molar-refractivity contribution < 1.29 is 27.1 Å². The lowest BCUT2D eigenvalue weighted by atomic mass is 10.2. The third-order valence-electron chi connectivity index (χ3n) is 4.53. The van der Waals surface area contributed by atoms with Crippen LogP contribution in [0.5, 0.6) is 5.75 Å². The first kappa shape index (κ1) is 23.8. The Kier molecular flexibility index (Phi) is 7.36. The number of anilines is 2. The van der Waals surface area contributed by atoms with Crippen molar-refractivity contribution in [3.05, 3.63) is 78.4 Å². The monoisotopic (exact) mass is 472 g/mol. The van der Waals surface area contributed by atoms with Gasteiger partial charge in [0.1, 0.15) is 16.5 Å². The summed E-state index contributed by atoms with van der Waals surface area (Å²) in [5.74, 6) is -1.41. The molecule has 0 fully saturated rings. The van der Waals surface area contributed by atoms with Crippen LogP contribution in [-0.2, 0) is 14.8 Å². The van der Waals surface area contributed by atoms with Crippen LogP contribution >= 0.6 is 0 Å². The van der Waals surface area contributed by atoms with E-state index < -0.39 is 34.2 Å². The molecule has 0 saturated heterocycles. The van der Waals surface area contributed by atoms with Gasteiger partial charge in [0, 0.05) is 30.7 Å². The fourth-order valence-electron chi connectivity index (χ4n) is 2.87. The third-order valence-corrected chi connectivity index (χ3v) is 6.31. The van der Waals surface area contributed by atoms with Crippen LogP contribution in [-0.4, -0.2) is 50.2 Å². The van der Waals surface area contributed by atoms with E-state index in [1.54, 1.807) is 0 Å². The van der Waals surface area contributed by atoms with Crippen LogP contribution in [0.1, 0.15) is 10.4 Å². The second kappa shape index (κ2) is 10.2. The molecule has 33 heavy (non-hydrogen) atoms. The lowest BCUT2D eigenvalue weighted by Crippen LogP contribution is -2.35. The smallest absolute Gasteiger partial charge is 0.255 e. The van der Waals surface area contributed by atoms with Crippen LogP contribution in [0.4, 0.5) is 15.8 Å². The molecule has 0 aliphatic heterocycles.